The molecule has 100 valence electrons. The summed E-state index contributed by atoms with van der Waals surface area (Å²) in [5, 5.41) is 0. The molecule has 1 fully saturated rings. The lowest BCUT2D eigenvalue weighted by Gasteiger charge is -2.29. The predicted octanol–water partition coefficient (Wildman–Crippen LogP) is 3.27. The monoisotopic (exact) mass is 359 g/mol. The first-order chi connectivity index (χ1) is 8.78. The first-order valence-electron chi connectivity index (χ1n) is 6.71. The van der Waals surface area contributed by atoms with E-state index in [0.717, 1.165) is 3.92 Å². The average molecular weight is 359 g/mol. The van der Waals surface area contributed by atoms with E-state index in [-0.39, 0.29) is 0 Å². The van der Waals surface area contributed by atoms with Crippen LogP contribution in [0.2, 0.25) is 0 Å². The lowest BCUT2D eigenvalue weighted by molar-refractivity contribution is 0.185. The summed E-state index contributed by atoms with van der Waals surface area (Å²) in [6.07, 6.45) is 3.87. The number of methoxy groups -OCH3 is 1. The number of alkyl halides is 1. The molecule has 1 saturated heterocycles. The Kier molecular flexibility index (Phi) is 5.92. The third-order valence-corrected chi connectivity index (χ3v) is 4.81. The van der Waals surface area contributed by atoms with Crippen LogP contribution in [0.5, 0.6) is 0 Å². The minimum atomic E-state index is 0.712. The first-order valence-corrected chi connectivity index (χ1v) is 7.95. The van der Waals surface area contributed by atoms with Crippen molar-refractivity contribution >= 4 is 22.6 Å². The Morgan fingerprint density at radius 3 is 2.39 bits per heavy atom. The Morgan fingerprint density at radius 1 is 1.17 bits per heavy atom. The normalized spacial score (nSPS) is 18.1. The van der Waals surface area contributed by atoms with Crippen molar-refractivity contribution in [3.63, 3.8) is 0 Å². The summed E-state index contributed by atoms with van der Waals surface area (Å²) in [6, 6.07) is 8.82. The maximum atomic E-state index is 5.12. The van der Waals surface area contributed by atoms with Gasteiger partial charge >= 0.3 is 0 Å². The average Bonchev–Trinajstić information content (AvgIpc) is 2.40. The van der Waals surface area contributed by atoms with E-state index in [1.165, 1.54) is 50.0 Å². The van der Waals surface area contributed by atoms with Crippen LogP contribution in [0, 0.1) is 0 Å². The molecule has 0 saturated carbocycles. The van der Waals surface area contributed by atoms with Gasteiger partial charge in [0.1, 0.15) is 0 Å². The van der Waals surface area contributed by atoms with E-state index < -0.39 is 0 Å². The Labute approximate surface area is 124 Å². The van der Waals surface area contributed by atoms with Crippen LogP contribution in [0.4, 0.5) is 0 Å². The molecular formula is C15H22INO. The van der Waals surface area contributed by atoms with E-state index in [0.29, 0.717) is 6.61 Å². The summed E-state index contributed by atoms with van der Waals surface area (Å²) in [5.41, 5.74) is 2.69. The van der Waals surface area contributed by atoms with Crippen molar-refractivity contribution in [3.05, 3.63) is 35.4 Å². The van der Waals surface area contributed by atoms with E-state index >= 15 is 0 Å². The molecule has 0 radical (unpaired) electrons. The SMILES string of the molecule is COCc1ccc(CCN2CCC(I)CC2)cc1. The zero-order valence-electron chi connectivity index (χ0n) is 11.1. The van der Waals surface area contributed by atoms with Crippen molar-refractivity contribution in [1.29, 1.82) is 0 Å². The van der Waals surface area contributed by atoms with Gasteiger partial charge < -0.3 is 9.64 Å². The van der Waals surface area contributed by atoms with Crippen LogP contribution >= 0.6 is 22.6 Å². The summed E-state index contributed by atoms with van der Waals surface area (Å²) in [7, 11) is 1.74. The summed E-state index contributed by atoms with van der Waals surface area (Å²) in [6.45, 7) is 4.46. The van der Waals surface area contributed by atoms with Crippen molar-refractivity contribution in [3.8, 4) is 0 Å². The number of likely N-dealkylation sites (tertiary alicyclic amines) is 1. The quantitative estimate of drug-likeness (QED) is 0.591. The Balaban J connectivity index is 1.76. The molecule has 0 spiro atoms. The smallest absolute Gasteiger partial charge is 0.0713 e. The molecule has 2 nitrogen and oxygen atoms in total. The zero-order chi connectivity index (χ0) is 12.8. The predicted molar refractivity (Wildman–Crippen MR) is 84.3 cm³/mol. The van der Waals surface area contributed by atoms with Gasteiger partial charge in [0, 0.05) is 17.6 Å². The Hall–Kier alpha value is -0.130. The number of hydrogen-bond acceptors (Lipinski definition) is 2. The van der Waals surface area contributed by atoms with Gasteiger partial charge in [-0.25, -0.2) is 0 Å². The molecule has 2 rings (SSSR count). The van der Waals surface area contributed by atoms with Crippen molar-refractivity contribution in [2.75, 3.05) is 26.7 Å². The van der Waals surface area contributed by atoms with E-state index in [1.807, 2.05) is 0 Å². The Bertz CT molecular complexity index is 344. The highest BCUT2D eigenvalue weighted by atomic mass is 127. The van der Waals surface area contributed by atoms with Crippen molar-refractivity contribution < 1.29 is 4.74 Å². The highest BCUT2D eigenvalue weighted by molar-refractivity contribution is 14.1. The first kappa shape index (κ1) is 14.3. The standard InChI is InChI=1S/C15H22INO/c1-18-12-14-4-2-13(3-5-14)6-9-17-10-7-15(16)8-11-17/h2-5,15H,6-12H2,1H3. The summed E-state index contributed by atoms with van der Waals surface area (Å²) >= 11 is 2.58. The molecule has 0 atom stereocenters. The van der Waals surface area contributed by atoms with E-state index in [4.69, 9.17) is 4.74 Å². The fraction of sp³-hybridized carbons (Fsp3) is 0.600. The van der Waals surface area contributed by atoms with Crippen LogP contribution in [0.1, 0.15) is 24.0 Å². The van der Waals surface area contributed by atoms with Crippen molar-refractivity contribution in [1.82, 2.24) is 4.90 Å². The van der Waals surface area contributed by atoms with E-state index in [9.17, 15) is 0 Å². The highest BCUT2D eigenvalue weighted by Crippen LogP contribution is 2.18. The van der Waals surface area contributed by atoms with E-state index in [2.05, 4.69) is 51.8 Å². The molecule has 0 aromatic heterocycles. The van der Waals surface area contributed by atoms with E-state index in [1.54, 1.807) is 7.11 Å². The largest absolute Gasteiger partial charge is 0.380 e. The van der Waals surface area contributed by atoms with Crippen LogP contribution in [-0.4, -0.2) is 35.6 Å². The zero-order valence-corrected chi connectivity index (χ0v) is 13.2. The number of halogens is 1. The molecular weight excluding hydrogens is 337 g/mol. The molecule has 0 aliphatic carbocycles. The molecule has 1 aromatic carbocycles. The van der Waals surface area contributed by atoms with Crippen molar-refractivity contribution in [2.45, 2.75) is 29.8 Å². The lowest BCUT2D eigenvalue weighted by Crippen LogP contribution is -2.35. The number of piperidine rings is 1. The molecule has 1 aliphatic rings. The second kappa shape index (κ2) is 7.46. The van der Waals surface area contributed by atoms with Gasteiger partial charge in [0.25, 0.3) is 0 Å². The summed E-state index contributed by atoms with van der Waals surface area (Å²) < 4.78 is 6.02. The van der Waals surface area contributed by atoms with Gasteiger partial charge in [0.05, 0.1) is 6.61 Å². The number of ether oxygens (including phenoxy) is 1. The second-order valence-corrected chi connectivity index (χ2v) is 6.78. The van der Waals surface area contributed by atoms with Gasteiger partial charge in [0.15, 0.2) is 0 Å². The highest BCUT2D eigenvalue weighted by Gasteiger charge is 2.15. The van der Waals surface area contributed by atoms with Crippen LogP contribution in [0.15, 0.2) is 24.3 Å². The maximum Gasteiger partial charge on any atom is 0.0713 e. The molecule has 0 amide bonds. The molecule has 0 unspecified atom stereocenters. The molecule has 18 heavy (non-hydrogen) atoms. The van der Waals surface area contributed by atoms with Gasteiger partial charge in [0.2, 0.25) is 0 Å². The van der Waals surface area contributed by atoms with Gasteiger partial charge in [-0.3, -0.25) is 0 Å². The van der Waals surface area contributed by atoms with Gasteiger partial charge in [-0.1, -0.05) is 46.9 Å². The third kappa shape index (κ3) is 4.52. The van der Waals surface area contributed by atoms with Crippen LogP contribution in [-0.2, 0) is 17.8 Å². The number of rotatable bonds is 5. The minimum absolute atomic E-state index is 0.712. The minimum Gasteiger partial charge on any atom is -0.380 e. The van der Waals surface area contributed by atoms with Gasteiger partial charge in [-0.2, -0.15) is 0 Å². The molecule has 3 heteroatoms. The summed E-state index contributed by atoms with van der Waals surface area (Å²) in [5.74, 6) is 0. The molecule has 1 heterocycles. The lowest BCUT2D eigenvalue weighted by atomic mass is 10.1. The van der Waals surface area contributed by atoms with Crippen LogP contribution < -0.4 is 0 Å². The third-order valence-electron chi connectivity index (χ3n) is 3.57. The Morgan fingerprint density at radius 2 is 1.78 bits per heavy atom. The fourth-order valence-electron chi connectivity index (χ4n) is 2.38. The summed E-state index contributed by atoms with van der Waals surface area (Å²) in [4.78, 5) is 2.60. The van der Waals surface area contributed by atoms with Gasteiger partial charge in [-0.15, -0.1) is 0 Å². The fourth-order valence-corrected chi connectivity index (χ4v) is 2.94. The maximum absolute atomic E-state index is 5.12. The number of nitrogens with zero attached hydrogens (tertiary/aromatic N) is 1. The van der Waals surface area contributed by atoms with Crippen molar-refractivity contribution in [2.24, 2.45) is 0 Å². The molecule has 0 N–H and O–H groups in total. The van der Waals surface area contributed by atoms with Crippen LogP contribution in [0.3, 0.4) is 0 Å². The number of hydrogen-bond donors (Lipinski definition) is 0. The molecule has 1 aliphatic heterocycles. The van der Waals surface area contributed by atoms with Crippen LogP contribution in [0.25, 0.3) is 0 Å². The number of benzene rings is 1. The topological polar surface area (TPSA) is 12.5 Å². The molecule has 0 bridgehead atoms. The van der Waals surface area contributed by atoms with Gasteiger partial charge in [-0.05, 0) is 43.5 Å². The second-order valence-electron chi connectivity index (χ2n) is 5.02. The molecule has 1 aromatic rings.